The minimum atomic E-state index is -0.474. The van der Waals surface area contributed by atoms with Gasteiger partial charge in [0.15, 0.2) is 6.29 Å². The molecule has 1 aliphatic rings. The van der Waals surface area contributed by atoms with Crippen molar-refractivity contribution in [1.82, 2.24) is 0 Å². The Balaban J connectivity index is 2.06. The second-order valence-corrected chi connectivity index (χ2v) is 4.43. The average Bonchev–Trinajstić information content (AvgIpc) is 2.70. The molecular weight excluding hydrogens is 258 g/mol. The van der Waals surface area contributed by atoms with Gasteiger partial charge in [-0.2, -0.15) is 0 Å². The van der Waals surface area contributed by atoms with Crippen molar-refractivity contribution in [3.63, 3.8) is 0 Å². The zero-order valence-corrected chi connectivity index (χ0v) is 11.8. The molecule has 0 saturated heterocycles. The van der Waals surface area contributed by atoms with E-state index in [2.05, 4.69) is 0 Å². The normalized spacial score (nSPS) is 14.2. The third-order valence-electron chi connectivity index (χ3n) is 3.17. The lowest BCUT2D eigenvalue weighted by molar-refractivity contribution is -0.138. The minimum absolute atomic E-state index is 0.347. The van der Waals surface area contributed by atoms with E-state index in [1.807, 2.05) is 19.9 Å². The van der Waals surface area contributed by atoms with Crippen LogP contribution in [-0.2, 0) is 14.3 Å². The van der Waals surface area contributed by atoms with Gasteiger partial charge in [-0.1, -0.05) is 12.1 Å². The van der Waals surface area contributed by atoms with Crippen LogP contribution in [0.4, 0.5) is 5.69 Å². The van der Waals surface area contributed by atoms with Crippen LogP contribution < -0.4 is 4.90 Å². The van der Waals surface area contributed by atoms with E-state index in [0.29, 0.717) is 37.4 Å². The highest BCUT2D eigenvalue weighted by atomic mass is 16.7. The Morgan fingerprint density at radius 2 is 1.75 bits per heavy atom. The average molecular weight is 277 g/mol. The molecule has 1 heterocycles. The van der Waals surface area contributed by atoms with Gasteiger partial charge in [-0.25, -0.2) is 0 Å². The van der Waals surface area contributed by atoms with E-state index in [-0.39, 0.29) is 6.29 Å². The van der Waals surface area contributed by atoms with Gasteiger partial charge < -0.3 is 14.4 Å². The number of Topliss-reactive ketones (excluding diaryl/α,β-unsaturated/α-hetero) is 1. The molecule has 2 rings (SSSR count). The molecule has 0 radical (unpaired) electrons. The third kappa shape index (κ3) is 2.89. The van der Waals surface area contributed by atoms with E-state index in [0.717, 1.165) is 0 Å². The number of anilines is 1. The number of hydrogen-bond donors (Lipinski definition) is 0. The number of nitrogens with zero attached hydrogens (tertiary/aromatic N) is 1. The first-order valence-corrected chi connectivity index (χ1v) is 6.87. The van der Waals surface area contributed by atoms with Gasteiger partial charge in [0.05, 0.1) is 11.3 Å². The second kappa shape index (κ2) is 6.63. The summed E-state index contributed by atoms with van der Waals surface area (Å²) in [6.45, 7) is 5.30. The summed E-state index contributed by atoms with van der Waals surface area (Å²) in [6.07, 6.45) is 0.190. The summed E-state index contributed by atoms with van der Waals surface area (Å²) in [5.74, 6) is -0.914. The number of carbonyl (C=O) groups excluding carboxylic acids is 2. The maximum atomic E-state index is 12.0. The molecule has 0 unspecified atom stereocenters. The van der Waals surface area contributed by atoms with Crippen LogP contribution in [0.5, 0.6) is 0 Å². The SMILES string of the molecule is CCOC(CCN1C(=O)C(=O)c2ccccc21)OCC. The number of hydrogen-bond acceptors (Lipinski definition) is 4. The molecule has 0 spiro atoms. The van der Waals surface area contributed by atoms with Crippen LogP contribution in [0.1, 0.15) is 30.6 Å². The molecule has 5 heteroatoms. The molecule has 0 fully saturated rings. The van der Waals surface area contributed by atoms with Crippen molar-refractivity contribution in [1.29, 1.82) is 0 Å². The van der Waals surface area contributed by atoms with Crippen LogP contribution in [0.15, 0.2) is 24.3 Å². The Bertz CT molecular complexity index is 494. The van der Waals surface area contributed by atoms with Gasteiger partial charge in [0.2, 0.25) is 0 Å². The van der Waals surface area contributed by atoms with E-state index < -0.39 is 11.7 Å². The van der Waals surface area contributed by atoms with Crippen LogP contribution in [0.25, 0.3) is 0 Å². The predicted octanol–water partition coefficient (Wildman–Crippen LogP) is 2.01. The van der Waals surface area contributed by atoms with Gasteiger partial charge >= 0.3 is 0 Å². The van der Waals surface area contributed by atoms with Gasteiger partial charge in [-0.05, 0) is 26.0 Å². The molecule has 1 amide bonds. The molecule has 0 N–H and O–H groups in total. The monoisotopic (exact) mass is 277 g/mol. The van der Waals surface area contributed by atoms with E-state index >= 15 is 0 Å². The van der Waals surface area contributed by atoms with Gasteiger partial charge in [0, 0.05) is 26.2 Å². The molecule has 108 valence electrons. The molecule has 1 aromatic rings. The zero-order chi connectivity index (χ0) is 14.5. The number of rotatable bonds is 7. The van der Waals surface area contributed by atoms with E-state index in [9.17, 15) is 9.59 Å². The van der Waals surface area contributed by atoms with Crippen molar-refractivity contribution in [2.24, 2.45) is 0 Å². The summed E-state index contributed by atoms with van der Waals surface area (Å²) >= 11 is 0. The highest BCUT2D eigenvalue weighted by Gasteiger charge is 2.35. The third-order valence-corrected chi connectivity index (χ3v) is 3.17. The Morgan fingerprint density at radius 3 is 2.40 bits per heavy atom. The number of para-hydroxylation sites is 1. The highest BCUT2D eigenvalue weighted by molar-refractivity contribution is 6.52. The van der Waals surface area contributed by atoms with Crippen LogP contribution in [0.3, 0.4) is 0 Å². The van der Waals surface area contributed by atoms with Crippen LogP contribution in [0, 0.1) is 0 Å². The molecule has 0 saturated carbocycles. The van der Waals surface area contributed by atoms with Crippen LogP contribution in [0.2, 0.25) is 0 Å². The molecule has 0 bridgehead atoms. The van der Waals surface area contributed by atoms with Crippen molar-refractivity contribution in [2.75, 3.05) is 24.7 Å². The lowest BCUT2D eigenvalue weighted by atomic mass is 10.1. The lowest BCUT2D eigenvalue weighted by Gasteiger charge is -2.21. The maximum absolute atomic E-state index is 12.0. The molecule has 1 aliphatic heterocycles. The van der Waals surface area contributed by atoms with Gasteiger partial charge in [-0.3, -0.25) is 9.59 Å². The highest BCUT2D eigenvalue weighted by Crippen LogP contribution is 2.28. The summed E-state index contributed by atoms with van der Waals surface area (Å²) in [4.78, 5) is 25.3. The predicted molar refractivity (Wildman–Crippen MR) is 74.8 cm³/mol. The molecular formula is C15H19NO4. The number of ether oxygens (including phenoxy) is 2. The lowest BCUT2D eigenvalue weighted by Crippen LogP contribution is -2.33. The Hall–Kier alpha value is -1.72. The van der Waals surface area contributed by atoms with Crippen LogP contribution >= 0.6 is 0 Å². The fourth-order valence-corrected chi connectivity index (χ4v) is 2.29. The van der Waals surface area contributed by atoms with Crippen molar-refractivity contribution in [2.45, 2.75) is 26.6 Å². The number of carbonyl (C=O) groups is 2. The standard InChI is InChI=1S/C15H19NO4/c1-3-19-13(20-4-2)9-10-16-12-8-6-5-7-11(12)14(17)15(16)18/h5-8,13H,3-4,9-10H2,1-2H3. The number of amides is 1. The molecule has 20 heavy (non-hydrogen) atoms. The van der Waals surface area contributed by atoms with E-state index in [1.165, 1.54) is 4.90 Å². The fourth-order valence-electron chi connectivity index (χ4n) is 2.29. The zero-order valence-electron chi connectivity index (χ0n) is 11.8. The first-order chi connectivity index (χ1) is 9.69. The molecule has 0 aliphatic carbocycles. The van der Waals surface area contributed by atoms with Crippen molar-refractivity contribution in [3.05, 3.63) is 29.8 Å². The van der Waals surface area contributed by atoms with E-state index in [4.69, 9.17) is 9.47 Å². The van der Waals surface area contributed by atoms with Crippen molar-refractivity contribution < 1.29 is 19.1 Å². The first-order valence-electron chi connectivity index (χ1n) is 6.87. The summed E-state index contributed by atoms with van der Waals surface area (Å²) < 4.78 is 10.9. The van der Waals surface area contributed by atoms with Gasteiger partial charge in [-0.15, -0.1) is 0 Å². The first kappa shape index (κ1) is 14.7. The quantitative estimate of drug-likeness (QED) is 0.565. The Kier molecular flexibility index (Phi) is 4.87. The number of benzene rings is 1. The Labute approximate surface area is 118 Å². The smallest absolute Gasteiger partial charge is 0.299 e. The fraction of sp³-hybridized carbons (Fsp3) is 0.467. The minimum Gasteiger partial charge on any atom is -0.353 e. The van der Waals surface area contributed by atoms with Crippen molar-refractivity contribution in [3.8, 4) is 0 Å². The molecule has 0 aromatic heterocycles. The largest absolute Gasteiger partial charge is 0.353 e. The van der Waals surface area contributed by atoms with Gasteiger partial charge in [0.1, 0.15) is 0 Å². The summed E-state index contributed by atoms with van der Waals surface area (Å²) in [5.41, 5.74) is 1.15. The number of ketones is 1. The number of fused-ring (bicyclic) bond motifs is 1. The summed E-state index contributed by atoms with van der Waals surface area (Å²) in [7, 11) is 0. The van der Waals surface area contributed by atoms with Gasteiger partial charge in [0.25, 0.3) is 11.7 Å². The van der Waals surface area contributed by atoms with Crippen LogP contribution in [-0.4, -0.2) is 37.7 Å². The summed E-state index contributed by atoms with van der Waals surface area (Å²) in [5, 5.41) is 0. The second-order valence-electron chi connectivity index (χ2n) is 4.43. The molecule has 5 nitrogen and oxygen atoms in total. The Morgan fingerprint density at radius 1 is 1.10 bits per heavy atom. The van der Waals surface area contributed by atoms with Crippen molar-refractivity contribution >= 4 is 17.4 Å². The topological polar surface area (TPSA) is 55.8 Å². The maximum Gasteiger partial charge on any atom is 0.299 e. The molecule has 0 atom stereocenters. The van der Waals surface area contributed by atoms with E-state index in [1.54, 1.807) is 18.2 Å². The molecule has 1 aromatic carbocycles. The summed E-state index contributed by atoms with van der Waals surface area (Å²) in [6, 6.07) is 7.05.